The number of amides is 3. The second-order valence-corrected chi connectivity index (χ2v) is 6.54. The normalized spacial score (nSPS) is 10.8. The lowest BCUT2D eigenvalue weighted by Gasteiger charge is -2.11. The van der Waals surface area contributed by atoms with Gasteiger partial charge in [-0.25, -0.2) is 0 Å². The minimum Gasteiger partial charge on any atom is -0.484 e. The monoisotopic (exact) mass is 463 g/mol. The molecule has 30 heavy (non-hydrogen) atoms. The average molecular weight is 464 g/mol. The highest BCUT2D eigenvalue weighted by Crippen LogP contribution is 2.31. The molecule has 0 fully saturated rings. The molecule has 12 heteroatoms. The van der Waals surface area contributed by atoms with E-state index in [1.807, 2.05) is 10.9 Å². The lowest BCUT2D eigenvalue weighted by molar-refractivity contribution is -0.137. The SMILES string of the molecule is O=C(CNC(=O)c1ccc(Cl)c(Cl)c1)NNC(=O)COc1cccc(C(F)(F)F)c1. The number of benzene rings is 2. The number of halogens is 5. The van der Waals surface area contributed by atoms with Crippen molar-refractivity contribution < 1.29 is 32.3 Å². The molecular formula is C18H14Cl2F3N3O4. The fraction of sp³-hybridized carbons (Fsp3) is 0.167. The molecule has 7 nitrogen and oxygen atoms in total. The van der Waals surface area contributed by atoms with E-state index >= 15 is 0 Å². The van der Waals surface area contributed by atoms with E-state index in [0.717, 1.165) is 18.2 Å². The van der Waals surface area contributed by atoms with E-state index in [1.165, 1.54) is 24.3 Å². The first-order valence-corrected chi connectivity index (χ1v) is 8.93. The third-order valence-electron chi connectivity index (χ3n) is 3.46. The van der Waals surface area contributed by atoms with Crippen molar-refractivity contribution in [2.45, 2.75) is 6.18 Å². The summed E-state index contributed by atoms with van der Waals surface area (Å²) in [6.45, 7) is -1.11. The van der Waals surface area contributed by atoms with E-state index < -0.39 is 42.6 Å². The number of alkyl halides is 3. The average Bonchev–Trinajstić information content (AvgIpc) is 2.70. The molecule has 0 spiro atoms. The van der Waals surface area contributed by atoms with Gasteiger partial charge in [0.25, 0.3) is 17.7 Å². The van der Waals surface area contributed by atoms with E-state index in [1.54, 1.807) is 0 Å². The Balaban J connectivity index is 1.73. The van der Waals surface area contributed by atoms with Crippen molar-refractivity contribution in [3.8, 4) is 5.75 Å². The summed E-state index contributed by atoms with van der Waals surface area (Å²) in [5.74, 6) is -2.34. The lowest BCUT2D eigenvalue weighted by atomic mass is 10.2. The van der Waals surface area contributed by atoms with E-state index in [2.05, 4.69) is 5.32 Å². The molecule has 0 aromatic heterocycles. The number of nitrogens with one attached hydrogen (secondary N) is 3. The molecule has 0 radical (unpaired) electrons. The number of hydrogen-bond acceptors (Lipinski definition) is 4. The van der Waals surface area contributed by atoms with Gasteiger partial charge in [0, 0.05) is 5.56 Å². The summed E-state index contributed by atoms with van der Waals surface area (Å²) in [6.07, 6.45) is -4.54. The standard InChI is InChI=1S/C18H14Cl2F3N3O4/c19-13-5-4-10(6-14(13)20)17(29)24-8-15(27)25-26-16(28)9-30-12-3-1-2-11(7-12)18(21,22)23/h1-7H,8-9H2,(H,24,29)(H,25,27)(H,26,28). The van der Waals surface area contributed by atoms with Crippen LogP contribution in [0.2, 0.25) is 10.0 Å². The zero-order valence-corrected chi connectivity index (χ0v) is 16.5. The third kappa shape index (κ3) is 7.12. The van der Waals surface area contributed by atoms with Crippen molar-refractivity contribution >= 4 is 40.9 Å². The van der Waals surface area contributed by atoms with Gasteiger partial charge in [0.05, 0.1) is 22.2 Å². The molecule has 0 saturated carbocycles. The molecule has 2 aromatic rings. The molecule has 0 unspecified atom stereocenters. The van der Waals surface area contributed by atoms with Gasteiger partial charge in [0.1, 0.15) is 5.75 Å². The lowest BCUT2D eigenvalue weighted by Crippen LogP contribution is -2.47. The molecule has 3 amide bonds. The Hall–Kier alpha value is -2.98. The fourth-order valence-corrected chi connectivity index (χ4v) is 2.33. The summed E-state index contributed by atoms with van der Waals surface area (Å²) < 4.78 is 42.8. The largest absolute Gasteiger partial charge is 0.484 e. The van der Waals surface area contributed by atoms with Crippen molar-refractivity contribution in [1.29, 1.82) is 0 Å². The minimum absolute atomic E-state index is 0.166. The van der Waals surface area contributed by atoms with Gasteiger partial charge < -0.3 is 10.1 Å². The van der Waals surface area contributed by atoms with Crippen LogP contribution in [0.5, 0.6) is 5.75 Å². The molecule has 3 N–H and O–H groups in total. The van der Waals surface area contributed by atoms with Crippen LogP contribution in [0.15, 0.2) is 42.5 Å². The van der Waals surface area contributed by atoms with Crippen LogP contribution < -0.4 is 20.9 Å². The summed E-state index contributed by atoms with van der Waals surface area (Å²) in [6, 6.07) is 8.14. The van der Waals surface area contributed by atoms with Crippen molar-refractivity contribution in [3.05, 3.63) is 63.6 Å². The number of carbonyl (C=O) groups is 3. The Labute approximate surface area is 178 Å². The maximum absolute atomic E-state index is 12.6. The first-order valence-electron chi connectivity index (χ1n) is 8.17. The predicted molar refractivity (Wildman–Crippen MR) is 102 cm³/mol. The van der Waals surface area contributed by atoms with Crippen molar-refractivity contribution in [2.75, 3.05) is 13.2 Å². The number of rotatable bonds is 6. The molecule has 0 aliphatic heterocycles. The highest BCUT2D eigenvalue weighted by Gasteiger charge is 2.30. The topological polar surface area (TPSA) is 96.5 Å². The maximum Gasteiger partial charge on any atom is 0.416 e. The van der Waals surface area contributed by atoms with Crippen LogP contribution in [-0.2, 0) is 15.8 Å². The van der Waals surface area contributed by atoms with Crippen molar-refractivity contribution in [3.63, 3.8) is 0 Å². The fourth-order valence-electron chi connectivity index (χ4n) is 2.03. The van der Waals surface area contributed by atoms with Crippen LogP contribution in [0.25, 0.3) is 0 Å². The minimum atomic E-state index is -4.54. The Morgan fingerprint density at radius 2 is 1.63 bits per heavy atom. The Kier molecular flexibility index (Phi) is 7.90. The highest BCUT2D eigenvalue weighted by molar-refractivity contribution is 6.42. The molecule has 160 valence electrons. The summed E-state index contributed by atoms with van der Waals surface area (Å²) in [5.41, 5.74) is 3.28. The van der Waals surface area contributed by atoms with Crippen molar-refractivity contribution in [2.24, 2.45) is 0 Å². The molecule has 0 aliphatic carbocycles. The molecular weight excluding hydrogens is 450 g/mol. The van der Waals surface area contributed by atoms with Gasteiger partial charge in [0.2, 0.25) is 0 Å². The van der Waals surface area contributed by atoms with E-state index in [9.17, 15) is 27.6 Å². The third-order valence-corrected chi connectivity index (χ3v) is 4.20. The van der Waals surface area contributed by atoms with E-state index in [-0.39, 0.29) is 21.4 Å². The van der Waals surface area contributed by atoms with Crippen LogP contribution in [-0.4, -0.2) is 30.9 Å². The Bertz CT molecular complexity index is 955. The Morgan fingerprint density at radius 1 is 0.933 bits per heavy atom. The quantitative estimate of drug-likeness (QED) is 0.573. The molecule has 2 rings (SSSR count). The molecule has 0 bridgehead atoms. The summed E-state index contributed by atoms with van der Waals surface area (Å²) in [5, 5.41) is 2.74. The number of hydrogen-bond donors (Lipinski definition) is 3. The van der Waals surface area contributed by atoms with Gasteiger partial charge in [-0.15, -0.1) is 0 Å². The summed E-state index contributed by atoms with van der Waals surface area (Å²) in [4.78, 5) is 35.3. The van der Waals surface area contributed by atoms with Crippen LogP contribution in [0, 0.1) is 0 Å². The predicted octanol–water partition coefficient (Wildman–Crippen LogP) is 2.97. The van der Waals surface area contributed by atoms with Gasteiger partial charge in [-0.1, -0.05) is 29.3 Å². The molecule has 0 heterocycles. The zero-order valence-electron chi connectivity index (χ0n) is 15.0. The number of hydrazine groups is 1. The second-order valence-electron chi connectivity index (χ2n) is 5.72. The molecule has 0 saturated heterocycles. The molecule has 2 aromatic carbocycles. The van der Waals surface area contributed by atoms with Gasteiger partial charge in [-0.05, 0) is 36.4 Å². The first kappa shape index (κ1) is 23.3. The Morgan fingerprint density at radius 3 is 2.30 bits per heavy atom. The van der Waals surface area contributed by atoms with Gasteiger partial charge in [-0.3, -0.25) is 25.2 Å². The van der Waals surface area contributed by atoms with Gasteiger partial charge >= 0.3 is 6.18 Å². The summed E-state index contributed by atoms with van der Waals surface area (Å²) in [7, 11) is 0. The smallest absolute Gasteiger partial charge is 0.416 e. The maximum atomic E-state index is 12.6. The number of ether oxygens (including phenoxy) is 1. The van der Waals surface area contributed by atoms with Gasteiger partial charge in [0.15, 0.2) is 6.61 Å². The highest BCUT2D eigenvalue weighted by atomic mass is 35.5. The molecule has 0 aliphatic rings. The molecule has 0 atom stereocenters. The van der Waals surface area contributed by atoms with Crippen molar-refractivity contribution in [1.82, 2.24) is 16.2 Å². The van der Waals surface area contributed by atoms with Crippen LogP contribution in [0.3, 0.4) is 0 Å². The summed E-state index contributed by atoms with van der Waals surface area (Å²) >= 11 is 11.6. The second kappa shape index (κ2) is 10.2. The van der Waals surface area contributed by atoms with Crippen LogP contribution in [0.4, 0.5) is 13.2 Å². The van der Waals surface area contributed by atoms with E-state index in [4.69, 9.17) is 27.9 Å². The van der Waals surface area contributed by atoms with Gasteiger partial charge in [-0.2, -0.15) is 13.2 Å². The zero-order chi connectivity index (χ0) is 22.3. The first-order chi connectivity index (χ1) is 14.1. The van der Waals surface area contributed by atoms with Crippen LogP contribution >= 0.6 is 23.2 Å². The number of carbonyl (C=O) groups excluding carboxylic acids is 3. The van der Waals surface area contributed by atoms with Crippen LogP contribution in [0.1, 0.15) is 15.9 Å². The van der Waals surface area contributed by atoms with E-state index in [0.29, 0.717) is 0 Å².